The normalized spacial score (nSPS) is 11.6. The predicted octanol–water partition coefficient (Wildman–Crippen LogP) is 6.85. The fourth-order valence-corrected chi connectivity index (χ4v) is 6.77. The summed E-state index contributed by atoms with van der Waals surface area (Å²) in [5, 5.41) is 0. The number of aryl methyl sites for hydroxylation is 1. The van der Waals surface area contributed by atoms with Gasteiger partial charge in [0, 0.05) is 11.1 Å². The summed E-state index contributed by atoms with van der Waals surface area (Å²) in [6, 6.07) is 18.0. The summed E-state index contributed by atoms with van der Waals surface area (Å²) >= 11 is 4.20. The van der Waals surface area contributed by atoms with Crippen LogP contribution in [-0.2, 0) is 10.0 Å². The van der Waals surface area contributed by atoms with E-state index in [9.17, 15) is 17.2 Å². The van der Waals surface area contributed by atoms with Crippen LogP contribution in [-0.4, -0.2) is 12.4 Å². The molecule has 0 spiro atoms. The van der Waals surface area contributed by atoms with Crippen molar-refractivity contribution in [3.63, 3.8) is 0 Å². The van der Waals surface area contributed by atoms with Crippen LogP contribution in [0.4, 0.5) is 8.78 Å². The second kappa shape index (κ2) is 8.62. The van der Waals surface area contributed by atoms with Crippen LogP contribution in [0.25, 0.3) is 22.5 Å². The highest BCUT2D eigenvalue weighted by Crippen LogP contribution is 2.41. The van der Waals surface area contributed by atoms with Crippen LogP contribution in [0.2, 0.25) is 0 Å². The molecule has 0 aliphatic carbocycles. The number of hydrogen-bond donors (Lipinski definition) is 0. The number of halogens is 4. The zero-order chi connectivity index (χ0) is 22.3. The van der Waals surface area contributed by atoms with Gasteiger partial charge >= 0.3 is 0 Å². The SMILES string of the molecule is Cc1ccc(S(=O)(=O)n2c(-c3ccc(F)cc3)c(I)c(I)c2-c2ccc(F)cc2)cc1. The summed E-state index contributed by atoms with van der Waals surface area (Å²) in [5.74, 6) is -0.821. The van der Waals surface area contributed by atoms with Gasteiger partial charge in [0.2, 0.25) is 0 Å². The first-order chi connectivity index (χ1) is 14.7. The molecule has 0 unspecified atom stereocenters. The van der Waals surface area contributed by atoms with Gasteiger partial charge in [0.1, 0.15) is 11.6 Å². The molecule has 3 aromatic carbocycles. The summed E-state index contributed by atoms with van der Waals surface area (Å²) in [7, 11) is -4.02. The van der Waals surface area contributed by atoms with E-state index in [4.69, 9.17) is 0 Å². The zero-order valence-corrected chi connectivity index (χ0v) is 21.2. The highest BCUT2D eigenvalue weighted by atomic mass is 127. The largest absolute Gasteiger partial charge is 0.268 e. The Kier molecular flexibility index (Phi) is 6.23. The van der Waals surface area contributed by atoms with Crippen LogP contribution in [0.3, 0.4) is 0 Å². The molecule has 0 atom stereocenters. The van der Waals surface area contributed by atoms with Crippen molar-refractivity contribution < 1.29 is 17.2 Å². The predicted molar refractivity (Wildman–Crippen MR) is 134 cm³/mol. The van der Waals surface area contributed by atoms with Crippen LogP contribution in [0, 0.1) is 25.7 Å². The summed E-state index contributed by atoms with van der Waals surface area (Å²) < 4.78 is 57.5. The van der Waals surface area contributed by atoms with Crippen molar-refractivity contribution in [3.8, 4) is 22.5 Å². The minimum absolute atomic E-state index is 0.132. The lowest BCUT2D eigenvalue weighted by Gasteiger charge is -2.15. The molecule has 0 saturated heterocycles. The first-order valence-electron chi connectivity index (χ1n) is 9.14. The molecule has 1 heterocycles. The third kappa shape index (κ3) is 4.17. The Morgan fingerprint density at radius 2 is 1.06 bits per heavy atom. The number of nitrogens with zero attached hydrogens (tertiary/aromatic N) is 1. The molecule has 0 aliphatic rings. The van der Waals surface area contributed by atoms with E-state index >= 15 is 0 Å². The number of hydrogen-bond acceptors (Lipinski definition) is 2. The maximum Gasteiger partial charge on any atom is 0.268 e. The van der Waals surface area contributed by atoms with Gasteiger partial charge in [-0.05, 0) is 113 Å². The lowest BCUT2D eigenvalue weighted by Crippen LogP contribution is -2.16. The molecule has 0 N–H and O–H groups in total. The van der Waals surface area contributed by atoms with E-state index in [-0.39, 0.29) is 4.90 Å². The van der Waals surface area contributed by atoms with Gasteiger partial charge in [-0.1, -0.05) is 17.7 Å². The molecule has 8 heteroatoms. The fourth-order valence-electron chi connectivity index (χ4n) is 3.26. The van der Waals surface area contributed by atoms with Crippen molar-refractivity contribution in [1.82, 2.24) is 3.97 Å². The molecule has 0 aliphatic heterocycles. The maximum absolute atomic E-state index is 13.8. The molecule has 0 radical (unpaired) electrons. The van der Waals surface area contributed by atoms with E-state index in [1.54, 1.807) is 48.5 Å². The molecule has 0 amide bonds. The van der Waals surface area contributed by atoms with Gasteiger partial charge < -0.3 is 0 Å². The van der Waals surface area contributed by atoms with Gasteiger partial charge in [-0.15, -0.1) is 0 Å². The van der Waals surface area contributed by atoms with E-state index < -0.39 is 21.7 Å². The number of aromatic nitrogens is 1. The number of benzene rings is 3. The van der Waals surface area contributed by atoms with Crippen molar-refractivity contribution in [3.05, 3.63) is 97.1 Å². The van der Waals surface area contributed by atoms with E-state index in [0.29, 0.717) is 29.7 Å². The van der Waals surface area contributed by atoms with E-state index in [0.717, 1.165) is 5.56 Å². The summed E-state index contributed by atoms with van der Waals surface area (Å²) in [4.78, 5) is 0.132. The van der Waals surface area contributed by atoms with Crippen molar-refractivity contribution in [2.45, 2.75) is 11.8 Å². The Hall–Kier alpha value is -1.79. The van der Waals surface area contributed by atoms with Crippen molar-refractivity contribution in [1.29, 1.82) is 0 Å². The maximum atomic E-state index is 13.8. The monoisotopic (exact) mass is 661 g/mol. The van der Waals surface area contributed by atoms with E-state index in [2.05, 4.69) is 45.2 Å². The first-order valence-corrected chi connectivity index (χ1v) is 12.7. The standard InChI is InChI=1S/C23H15F2I2NO2S/c1-14-2-12-19(13-3-14)31(29,30)28-22(15-4-8-17(24)9-5-15)20(26)21(27)23(28)16-6-10-18(25)11-7-16/h2-13H,1H3. The van der Waals surface area contributed by atoms with E-state index in [1.807, 2.05) is 6.92 Å². The van der Waals surface area contributed by atoms with Gasteiger partial charge in [-0.3, -0.25) is 0 Å². The van der Waals surface area contributed by atoms with Crippen molar-refractivity contribution >= 4 is 55.2 Å². The lowest BCUT2D eigenvalue weighted by molar-refractivity contribution is 0.588. The number of rotatable bonds is 4. The summed E-state index contributed by atoms with van der Waals surface area (Å²) in [5.41, 5.74) is 2.93. The fraction of sp³-hybridized carbons (Fsp3) is 0.0435. The Bertz CT molecular complexity index is 1290. The molecule has 4 aromatic rings. The van der Waals surface area contributed by atoms with E-state index in [1.165, 1.54) is 28.2 Å². The average Bonchev–Trinajstić information content (AvgIpc) is 3.01. The van der Waals surface area contributed by atoms with Crippen molar-refractivity contribution in [2.24, 2.45) is 0 Å². The molecule has 0 bridgehead atoms. The molecule has 1 aromatic heterocycles. The minimum atomic E-state index is -4.02. The van der Waals surface area contributed by atoms with Crippen LogP contribution >= 0.6 is 45.2 Å². The van der Waals surface area contributed by atoms with Gasteiger partial charge in [0.25, 0.3) is 10.0 Å². The molecule has 3 nitrogen and oxygen atoms in total. The van der Waals surface area contributed by atoms with Crippen LogP contribution in [0.1, 0.15) is 5.56 Å². The Morgan fingerprint density at radius 1 is 0.677 bits per heavy atom. The molecule has 158 valence electrons. The summed E-state index contributed by atoms with van der Waals surface area (Å²) in [6.07, 6.45) is 0. The molecule has 0 saturated carbocycles. The quantitative estimate of drug-likeness (QED) is 0.225. The molecule has 4 rings (SSSR count). The van der Waals surface area contributed by atoms with Crippen LogP contribution < -0.4 is 0 Å². The molecular weight excluding hydrogens is 646 g/mol. The Labute approximate surface area is 206 Å². The average molecular weight is 661 g/mol. The second-order valence-corrected chi connectivity index (χ2v) is 10.9. The Morgan fingerprint density at radius 3 is 1.45 bits per heavy atom. The highest BCUT2D eigenvalue weighted by Gasteiger charge is 2.30. The third-order valence-electron chi connectivity index (χ3n) is 4.81. The van der Waals surface area contributed by atoms with Gasteiger partial charge in [-0.2, -0.15) is 0 Å². The molecular formula is C23H15F2I2NO2S. The lowest BCUT2D eigenvalue weighted by atomic mass is 10.1. The molecule has 31 heavy (non-hydrogen) atoms. The zero-order valence-electron chi connectivity index (χ0n) is 16.1. The third-order valence-corrected chi connectivity index (χ3v) is 9.66. The van der Waals surface area contributed by atoms with Gasteiger partial charge in [-0.25, -0.2) is 21.2 Å². The second-order valence-electron chi connectivity index (χ2n) is 6.92. The smallest absolute Gasteiger partial charge is 0.231 e. The Balaban J connectivity index is 2.09. The highest BCUT2D eigenvalue weighted by molar-refractivity contribution is 14.1. The van der Waals surface area contributed by atoms with Crippen molar-refractivity contribution in [2.75, 3.05) is 0 Å². The van der Waals surface area contributed by atoms with Gasteiger partial charge in [0.15, 0.2) is 0 Å². The van der Waals surface area contributed by atoms with Crippen LogP contribution in [0.5, 0.6) is 0 Å². The van der Waals surface area contributed by atoms with Gasteiger partial charge in [0.05, 0.1) is 23.4 Å². The first kappa shape index (κ1) is 22.4. The summed E-state index contributed by atoms with van der Waals surface area (Å²) in [6.45, 7) is 1.88. The topological polar surface area (TPSA) is 39.1 Å². The van der Waals surface area contributed by atoms with Crippen LogP contribution in [0.15, 0.2) is 77.7 Å². The minimum Gasteiger partial charge on any atom is -0.231 e. The molecule has 0 fully saturated rings.